The van der Waals surface area contributed by atoms with E-state index in [9.17, 15) is 5.11 Å². The molecule has 0 aromatic heterocycles. The summed E-state index contributed by atoms with van der Waals surface area (Å²) < 4.78 is 16.5. The van der Waals surface area contributed by atoms with Crippen LogP contribution in [0.25, 0.3) is 0 Å². The van der Waals surface area contributed by atoms with Crippen molar-refractivity contribution < 1.29 is 19.3 Å². The van der Waals surface area contributed by atoms with Gasteiger partial charge in [0.2, 0.25) is 0 Å². The first-order valence-corrected chi connectivity index (χ1v) is 7.04. The first kappa shape index (κ1) is 14.2. The van der Waals surface area contributed by atoms with Crippen LogP contribution < -0.4 is 5.32 Å². The lowest BCUT2D eigenvalue weighted by molar-refractivity contribution is -0.0873. The quantitative estimate of drug-likeness (QED) is 0.689. The molecule has 2 aliphatic rings. The fourth-order valence-electron chi connectivity index (χ4n) is 2.43. The zero-order valence-electron chi connectivity index (χ0n) is 11.0. The fraction of sp³-hybridized carbons (Fsp3) is 1.00. The predicted molar refractivity (Wildman–Crippen MR) is 67.6 cm³/mol. The molecule has 0 radical (unpaired) electrons. The molecule has 1 aliphatic heterocycles. The molecule has 0 spiro atoms. The molecule has 1 aliphatic carbocycles. The van der Waals surface area contributed by atoms with Gasteiger partial charge in [-0.25, -0.2) is 0 Å². The lowest BCUT2D eigenvalue weighted by Gasteiger charge is -2.24. The van der Waals surface area contributed by atoms with Crippen molar-refractivity contribution in [2.45, 2.75) is 44.0 Å². The van der Waals surface area contributed by atoms with Crippen LogP contribution in [-0.4, -0.2) is 62.9 Å². The minimum Gasteiger partial charge on any atom is -0.389 e. The van der Waals surface area contributed by atoms with Gasteiger partial charge in [-0.2, -0.15) is 0 Å². The van der Waals surface area contributed by atoms with Crippen LogP contribution in [-0.2, 0) is 14.2 Å². The van der Waals surface area contributed by atoms with Gasteiger partial charge in [-0.15, -0.1) is 0 Å². The molecule has 5 nitrogen and oxygen atoms in total. The second-order valence-corrected chi connectivity index (χ2v) is 5.12. The van der Waals surface area contributed by atoms with E-state index in [1.54, 1.807) is 0 Å². The minimum absolute atomic E-state index is 0.113. The summed E-state index contributed by atoms with van der Waals surface area (Å²) in [6, 6.07) is 0. The Morgan fingerprint density at radius 3 is 2.83 bits per heavy atom. The van der Waals surface area contributed by atoms with Gasteiger partial charge in [-0.1, -0.05) is 12.8 Å². The van der Waals surface area contributed by atoms with Crippen LogP contribution in [0.1, 0.15) is 25.7 Å². The maximum atomic E-state index is 9.78. The molecule has 0 aromatic carbocycles. The Morgan fingerprint density at radius 1 is 1.28 bits per heavy atom. The molecule has 0 bridgehead atoms. The van der Waals surface area contributed by atoms with Crippen LogP contribution in [0.4, 0.5) is 0 Å². The summed E-state index contributed by atoms with van der Waals surface area (Å²) in [4.78, 5) is 0. The van der Waals surface area contributed by atoms with Gasteiger partial charge in [0.1, 0.15) is 0 Å². The summed E-state index contributed by atoms with van der Waals surface area (Å²) in [6.07, 6.45) is 4.86. The van der Waals surface area contributed by atoms with Crippen molar-refractivity contribution in [1.82, 2.24) is 5.32 Å². The molecule has 2 unspecified atom stereocenters. The second-order valence-electron chi connectivity index (χ2n) is 5.12. The van der Waals surface area contributed by atoms with E-state index in [0.717, 1.165) is 19.4 Å². The highest BCUT2D eigenvalue weighted by atomic mass is 16.6. The smallest absolute Gasteiger partial charge is 0.0933 e. The van der Waals surface area contributed by atoms with Gasteiger partial charge in [0, 0.05) is 13.1 Å². The molecule has 1 heterocycles. The Kier molecular flexibility index (Phi) is 6.37. The Morgan fingerprint density at radius 2 is 2.11 bits per heavy atom. The van der Waals surface area contributed by atoms with Crippen molar-refractivity contribution in [1.29, 1.82) is 0 Å². The van der Waals surface area contributed by atoms with Crippen LogP contribution in [0.3, 0.4) is 0 Å². The Labute approximate surface area is 109 Å². The van der Waals surface area contributed by atoms with Gasteiger partial charge in [0.05, 0.1) is 44.7 Å². The number of hydrogen-bond donors (Lipinski definition) is 2. The fourth-order valence-corrected chi connectivity index (χ4v) is 2.43. The van der Waals surface area contributed by atoms with Crippen molar-refractivity contribution in [2.75, 3.05) is 39.5 Å². The van der Waals surface area contributed by atoms with Crippen molar-refractivity contribution in [3.63, 3.8) is 0 Å². The summed E-state index contributed by atoms with van der Waals surface area (Å²) in [5, 5.41) is 13.0. The molecule has 2 atom stereocenters. The van der Waals surface area contributed by atoms with E-state index in [1.165, 1.54) is 12.8 Å². The molecular formula is C13H25NO4. The van der Waals surface area contributed by atoms with Crippen molar-refractivity contribution in [3.05, 3.63) is 0 Å². The normalized spacial score (nSPS) is 27.5. The molecule has 0 amide bonds. The first-order chi connectivity index (χ1) is 8.84. The molecular weight excluding hydrogens is 234 g/mol. The topological polar surface area (TPSA) is 60.0 Å². The highest BCUT2D eigenvalue weighted by molar-refractivity contribution is 4.69. The summed E-state index contributed by atoms with van der Waals surface area (Å²) in [7, 11) is 0. The van der Waals surface area contributed by atoms with E-state index in [4.69, 9.17) is 14.2 Å². The van der Waals surface area contributed by atoms with Crippen LogP contribution in [0.15, 0.2) is 0 Å². The maximum absolute atomic E-state index is 9.78. The van der Waals surface area contributed by atoms with Crippen molar-refractivity contribution in [2.24, 2.45) is 0 Å². The van der Waals surface area contributed by atoms with Crippen LogP contribution in [0, 0.1) is 0 Å². The van der Waals surface area contributed by atoms with Gasteiger partial charge in [0.25, 0.3) is 0 Å². The first-order valence-electron chi connectivity index (χ1n) is 7.04. The number of rotatable bonds is 7. The third-order valence-electron chi connectivity index (χ3n) is 3.46. The zero-order chi connectivity index (χ0) is 12.6. The third-order valence-corrected chi connectivity index (χ3v) is 3.46. The summed E-state index contributed by atoms with van der Waals surface area (Å²) >= 11 is 0. The largest absolute Gasteiger partial charge is 0.389 e. The maximum Gasteiger partial charge on any atom is 0.0933 e. The summed E-state index contributed by atoms with van der Waals surface area (Å²) in [6.45, 7) is 3.70. The van der Waals surface area contributed by atoms with Gasteiger partial charge < -0.3 is 24.6 Å². The Hall–Kier alpha value is -0.200. The van der Waals surface area contributed by atoms with E-state index in [-0.39, 0.29) is 6.10 Å². The second kappa shape index (κ2) is 8.07. The zero-order valence-corrected chi connectivity index (χ0v) is 11.0. The molecule has 2 N–H and O–H groups in total. The highest BCUT2D eigenvalue weighted by Gasteiger charge is 2.17. The lowest BCUT2D eigenvalue weighted by atomic mass is 10.3. The van der Waals surface area contributed by atoms with Crippen LogP contribution in [0.5, 0.6) is 0 Å². The average Bonchev–Trinajstić information content (AvgIpc) is 2.91. The average molecular weight is 259 g/mol. The van der Waals surface area contributed by atoms with Gasteiger partial charge in [0.15, 0.2) is 0 Å². The lowest BCUT2D eigenvalue weighted by Crippen LogP contribution is -2.40. The van der Waals surface area contributed by atoms with E-state index in [1.807, 2.05) is 0 Å². The van der Waals surface area contributed by atoms with E-state index in [2.05, 4.69) is 5.32 Å². The molecule has 106 valence electrons. The molecule has 18 heavy (non-hydrogen) atoms. The van der Waals surface area contributed by atoms with E-state index in [0.29, 0.717) is 39.1 Å². The molecule has 0 aromatic rings. The van der Waals surface area contributed by atoms with E-state index >= 15 is 0 Å². The van der Waals surface area contributed by atoms with Crippen LogP contribution in [0.2, 0.25) is 0 Å². The summed E-state index contributed by atoms with van der Waals surface area (Å²) in [5.74, 6) is 0. The van der Waals surface area contributed by atoms with Crippen molar-refractivity contribution in [3.8, 4) is 0 Å². The molecule has 1 saturated heterocycles. The number of aliphatic hydroxyl groups is 1. The van der Waals surface area contributed by atoms with Crippen LogP contribution >= 0.6 is 0 Å². The monoisotopic (exact) mass is 259 g/mol. The number of hydrogen-bond acceptors (Lipinski definition) is 5. The van der Waals surface area contributed by atoms with Crippen molar-refractivity contribution >= 4 is 0 Å². The SMILES string of the molecule is OC(CNCC1COCCO1)COC1CCCC1. The highest BCUT2D eigenvalue weighted by Crippen LogP contribution is 2.20. The van der Waals surface area contributed by atoms with Gasteiger partial charge >= 0.3 is 0 Å². The molecule has 2 rings (SSSR count). The number of ether oxygens (including phenoxy) is 3. The summed E-state index contributed by atoms with van der Waals surface area (Å²) in [5.41, 5.74) is 0. The third kappa shape index (κ3) is 5.20. The minimum atomic E-state index is -0.435. The molecule has 5 heteroatoms. The number of aliphatic hydroxyl groups excluding tert-OH is 1. The predicted octanol–water partition coefficient (Wildman–Crippen LogP) is 0.311. The van der Waals surface area contributed by atoms with Gasteiger partial charge in [-0.3, -0.25) is 0 Å². The number of nitrogens with one attached hydrogen (secondary N) is 1. The molecule has 1 saturated carbocycles. The standard InChI is InChI=1S/C13H25NO4/c15-11(9-18-12-3-1-2-4-12)7-14-8-13-10-16-5-6-17-13/h11-15H,1-10H2. The Balaban J connectivity index is 1.47. The molecule has 2 fully saturated rings. The van der Waals surface area contributed by atoms with Gasteiger partial charge in [-0.05, 0) is 12.8 Å². The van der Waals surface area contributed by atoms with E-state index < -0.39 is 6.10 Å². The Bertz CT molecular complexity index is 215.